The number of aromatic nitrogens is 1. The zero-order chi connectivity index (χ0) is 15.0. The summed E-state index contributed by atoms with van der Waals surface area (Å²) in [5, 5.41) is 8.62. The van der Waals surface area contributed by atoms with E-state index in [2.05, 4.69) is 14.4 Å². The number of rotatable bonds is 9. The first kappa shape index (κ1) is 17.0. The fraction of sp³-hybridized carbons (Fsp3) is 0.636. The van der Waals surface area contributed by atoms with Crippen LogP contribution in [0.4, 0.5) is 0 Å². The summed E-state index contributed by atoms with van der Waals surface area (Å²) in [6.07, 6.45) is 3.07. The first-order valence-corrected chi connectivity index (χ1v) is 8.51. The topological polar surface area (TPSA) is 106 Å². The lowest BCUT2D eigenvalue weighted by atomic mass is 10.2. The average Bonchev–Trinajstić information content (AvgIpc) is 2.92. The lowest BCUT2D eigenvalue weighted by Gasteiger charge is -2.05. The second-order valence-electron chi connectivity index (χ2n) is 4.02. The van der Waals surface area contributed by atoms with Crippen LogP contribution in [0.15, 0.2) is 9.72 Å². The maximum absolute atomic E-state index is 12.0. The standard InChI is InChI=1S/C11H18N2O5S2/c1-18-10(15)9-11(19-8-12-9)20(16,17)13-6-4-2-3-5-7-14/h8,13-14H,2-7H2,1H3. The number of nitrogens with zero attached hydrogens (tertiary/aromatic N) is 1. The minimum absolute atomic E-state index is 0.125. The molecule has 0 unspecified atom stereocenters. The number of thiazole rings is 1. The molecule has 7 nitrogen and oxygen atoms in total. The van der Waals surface area contributed by atoms with Crippen molar-refractivity contribution in [3.63, 3.8) is 0 Å². The van der Waals surface area contributed by atoms with Crippen molar-refractivity contribution in [2.24, 2.45) is 0 Å². The van der Waals surface area contributed by atoms with E-state index in [1.165, 1.54) is 12.6 Å². The minimum Gasteiger partial charge on any atom is -0.464 e. The third-order valence-electron chi connectivity index (χ3n) is 2.53. The molecule has 9 heteroatoms. The van der Waals surface area contributed by atoms with Crippen molar-refractivity contribution in [2.45, 2.75) is 29.9 Å². The van der Waals surface area contributed by atoms with Gasteiger partial charge in [0, 0.05) is 13.2 Å². The summed E-state index contributed by atoms with van der Waals surface area (Å²) in [4.78, 5) is 15.1. The van der Waals surface area contributed by atoms with Gasteiger partial charge in [-0.3, -0.25) is 0 Å². The Morgan fingerprint density at radius 2 is 2.10 bits per heavy atom. The van der Waals surface area contributed by atoms with E-state index in [1.54, 1.807) is 0 Å². The highest BCUT2D eigenvalue weighted by atomic mass is 32.2. The number of sulfonamides is 1. The Balaban J connectivity index is 2.57. The SMILES string of the molecule is COC(=O)c1ncsc1S(=O)(=O)NCCCCCCO. The molecule has 0 fully saturated rings. The number of carbonyl (C=O) groups excluding carboxylic acids is 1. The van der Waals surface area contributed by atoms with E-state index in [0.29, 0.717) is 12.8 Å². The second kappa shape index (κ2) is 8.30. The minimum atomic E-state index is -3.74. The molecular weight excluding hydrogens is 304 g/mol. The fourth-order valence-electron chi connectivity index (χ4n) is 1.52. The van der Waals surface area contributed by atoms with Crippen molar-refractivity contribution < 1.29 is 23.1 Å². The van der Waals surface area contributed by atoms with Gasteiger partial charge in [-0.15, -0.1) is 11.3 Å². The van der Waals surface area contributed by atoms with E-state index < -0.39 is 16.0 Å². The van der Waals surface area contributed by atoms with Gasteiger partial charge >= 0.3 is 5.97 Å². The fourth-order valence-corrected chi connectivity index (χ4v) is 3.77. The van der Waals surface area contributed by atoms with Gasteiger partial charge in [0.1, 0.15) is 0 Å². The highest BCUT2D eigenvalue weighted by Gasteiger charge is 2.25. The first-order valence-electron chi connectivity index (χ1n) is 6.15. The number of hydrogen-bond acceptors (Lipinski definition) is 7. The van der Waals surface area contributed by atoms with Crippen LogP contribution in [0, 0.1) is 0 Å². The quantitative estimate of drug-likeness (QED) is 0.513. The van der Waals surface area contributed by atoms with Crippen molar-refractivity contribution in [1.82, 2.24) is 9.71 Å². The molecule has 0 amide bonds. The number of unbranched alkanes of at least 4 members (excludes halogenated alkanes) is 3. The lowest BCUT2D eigenvalue weighted by molar-refractivity contribution is 0.0590. The third-order valence-corrected chi connectivity index (χ3v) is 5.37. The molecular formula is C11H18N2O5S2. The van der Waals surface area contributed by atoms with Crippen LogP contribution in [0.3, 0.4) is 0 Å². The van der Waals surface area contributed by atoms with Crippen molar-refractivity contribution in [3.8, 4) is 0 Å². The van der Waals surface area contributed by atoms with Gasteiger partial charge in [-0.05, 0) is 12.8 Å². The van der Waals surface area contributed by atoms with E-state index in [4.69, 9.17) is 5.11 Å². The molecule has 0 aliphatic carbocycles. The Morgan fingerprint density at radius 1 is 1.40 bits per heavy atom. The molecule has 1 aromatic rings. The number of ether oxygens (including phenoxy) is 1. The molecule has 20 heavy (non-hydrogen) atoms. The van der Waals surface area contributed by atoms with Gasteiger partial charge in [-0.1, -0.05) is 12.8 Å². The van der Waals surface area contributed by atoms with Crippen LogP contribution < -0.4 is 4.72 Å². The van der Waals surface area contributed by atoms with E-state index in [1.807, 2.05) is 0 Å². The smallest absolute Gasteiger partial charge is 0.358 e. The Morgan fingerprint density at radius 3 is 2.75 bits per heavy atom. The number of aliphatic hydroxyl groups excluding tert-OH is 1. The van der Waals surface area contributed by atoms with E-state index >= 15 is 0 Å². The maximum atomic E-state index is 12.0. The highest BCUT2D eigenvalue weighted by molar-refractivity contribution is 7.91. The number of esters is 1. The molecule has 0 aromatic carbocycles. The molecule has 0 saturated carbocycles. The Labute approximate surface area is 122 Å². The van der Waals surface area contributed by atoms with Gasteiger partial charge in [0.2, 0.25) is 0 Å². The Hall–Kier alpha value is -1.03. The Kier molecular flexibility index (Phi) is 7.06. The molecule has 0 atom stereocenters. The zero-order valence-electron chi connectivity index (χ0n) is 11.2. The van der Waals surface area contributed by atoms with Crippen molar-refractivity contribution in [2.75, 3.05) is 20.3 Å². The van der Waals surface area contributed by atoms with Gasteiger partial charge < -0.3 is 9.84 Å². The van der Waals surface area contributed by atoms with Crippen molar-refractivity contribution >= 4 is 27.3 Å². The molecule has 0 aliphatic rings. The van der Waals surface area contributed by atoms with Gasteiger partial charge in [0.25, 0.3) is 10.0 Å². The summed E-state index contributed by atoms with van der Waals surface area (Å²) >= 11 is 0.877. The molecule has 0 spiro atoms. The van der Waals surface area contributed by atoms with Crippen LogP contribution in [0.2, 0.25) is 0 Å². The summed E-state index contributed by atoms with van der Waals surface area (Å²) in [7, 11) is -2.57. The molecule has 0 saturated heterocycles. The molecule has 1 heterocycles. The molecule has 114 valence electrons. The van der Waals surface area contributed by atoms with Gasteiger partial charge in [0.15, 0.2) is 9.90 Å². The monoisotopic (exact) mass is 322 g/mol. The van der Waals surface area contributed by atoms with Gasteiger partial charge in [-0.25, -0.2) is 22.9 Å². The predicted octanol–water partition coefficient (Wildman–Crippen LogP) is 0.761. The van der Waals surface area contributed by atoms with Crippen LogP contribution in [-0.2, 0) is 14.8 Å². The van der Waals surface area contributed by atoms with Crippen LogP contribution in [-0.4, -0.2) is 44.7 Å². The van der Waals surface area contributed by atoms with Crippen molar-refractivity contribution in [1.29, 1.82) is 0 Å². The summed E-state index contributed by atoms with van der Waals surface area (Å²) in [6, 6.07) is 0. The number of nitrogens with one attached hydrogen (secondary N) is 1. The predicted molar refractivity (Wildman–Crippen MR) is 74.2 cm³/mol. The number of hydrogen-bond donors (Lipinski definition) is 2. The van der Waals surface area contributed by atoms with E-state index in [-0.39, 0.29) is 23.1 Å². The van der Waals surface area contributed by atoms with Crippen LogP contribution in [0.25, 0.3) is 0 Å². The average molecular weight is 322 g/mol. The normalized spacial score (nSPS) is 11.5. The third kappa shape index (κ3) is 4.82. The van der Waals surface area contributed by atoms with Gasteiger partial charge in [-0.2, -0.15) is 0 Å². The largest absolute Gasteiger partial charge is 0.464 e. The van der Waals surface area contributed by atoms with Crippen LogP contribution >= 0.6 is 11.3 Å². The van der Waals surface area contributed by atoms with E-state index in [9.17, 15) is 13.2 Å². The highest BCUT2D eigenvalue weighted by Crippen LogP contribution is 2.20. The summed E-state index contributed by atoms with van der Waals surface area (Å²) in [6.45, 7) is 0.432. The maximum Gasteiger partial charge on any atom is 0.358 e. The number of methoxy groups -OCH3 is 1. The summed E-state index contributed by atoms with van der Waals surface area (Å²) in [5.41, 5.74) is 1.10. The molecule has 0 aliphatic heterocycles. The van der Waals surface area contributed by atoms with Gasteiger partial charge in [0.05, 0.1) is 12.6 Å². The molecule has 0 bridgehead atoms. The van der Waals surface area contributed by atoms with E-state index in [0.717, 1.165) is 24.2 Å². The first-order chi connectivity index (χ1) is 9.53. The summed E-state index contributed by atoms with van der Waals surface area (Å²) in [5.74, 6) is -0.769. The van der Waals surface area contributed by atoms with Crippen molar-refractivity contribution in [3.05, 3.63) is 11.2 Å². The van der Waals surface area contributed by atoms with Crippen LogP contribution in [0.1, 0.15) is 36.2 Å². The number of aliphatic hydroxyl groups is 1. The van der Waals surface area contributed by atoms with Crippen LogP contribution in [0.5, 0.6) is 0 Å². The lowest BCUT2D eigenvalue weighted by Crippen LogP contribution is -2.25. The molecule has 1 aromatic heterocycles. The Bertz CT molecular complexity index is 527. The second-order valence-corrected chi connectivity index (χ2v) is 6.83. The molecule has 2 N–H and O–H groups in total. The summed E-state index contributed by atoms with van der Waals surface area (Å²) < 4.78 is 30.9. The zero-order valence-corrected chi connectivity index (χ0v) is 12.8. The number of carbonyl (C=O) groups is 1. The molecule has 0 radical (unpaired) electrons. The molecule has 1 rings (SSSR count).